The van der Waals surface area contributed by atoms with Gasteiger partial charge in [0, 0.05) is 25.5 Å². The highest BCUT2D eigenvalue weighted by atomic mass is 32.1. The monoisotopic (exact) mass is 450 g/mol. The van der Waals surface area contributed by atoms with Gasteiger partial charge in [0.2, 0.25) is 0 Å². The van der Waals surface area contributed by atoms with Gasteiger partial charge in [-0.15, -0.1) is 0 Å². The number of rotatable bonds is 10. The zero-order chi connectivity index (χ0) is 22.3. The standard InChI is InChI=1S/C24H26N4O3S/c1-3-18-5-10-21-22(15-18)32-24(26-21)28(13-4-12-27-14-11-25-17-27)23(29)16-31-20-8-6-19(30-2)7-9-20/h5-11,14-15,17H,3-4,12-13,16H2,1-2H3. The first-order valence-electron chi connectivity index (χ1n) is 10.6. The number of fused-ring (bicyclic) bond motifs is 1. The molecule has 7 nitrogen and oxygen atoms in total. The lowest BCUT2D eigenvalue weighted by Crippen LogP contribution is -2.36. The molecule has 0 saturated heterocycles. The molecule has 0 aliphatic rings. The number of carbonyl (C=O) groups excluding carboxylic acids is 1. The Kier molecular flexibility index (Phi) is 7.01. The van der Waals surface area contributed by atoms with Crippen LogP contribution in [-0.4, -0.2) is 40.7 Å². The van der Waals surface area contributed by atoms with Crippen LogP contribution < -0.4 is 14.4 Å². The van der Waals surface area contributed by atoms with Gasteiger partial charge in [-0.05, 0) is 54.8 Å². The number of hydrogen-bond donors (Lipinski definition) is 0. The summed E-state index contributed by atoms with van der Waals surface area (Å²) in [5.74, 6) is 1.24. The topological polar surface area (TPSA) is 69.5 Å². The molecule has 166 valence electrons. The summed E-state index contributed by atoms with van der Waals surface area (Å²) in [6.45, 7) is 3.39. The van der Waals surface area contributed by atoms with Gasteiger partial charge in [-0.25, -0.2) is 9.97 Å². The van der Waals surface area contributed by atoms with Crippen LogP contribution >= 0.6 is 11.3 Å². The molecule has 8 heteroatoms. The van der Waals surface area contributed by atoms with Crippen molar-refractivity contribution in [2.24, 2.45) is 0 Å². The molecular formula is C24H26N4O3S. The van der Waals surface area contributed by atoms with E-state index in [9.17, 15) is 4.79 Å². The van der Waals surface area contributed by atoms with Crippen LogP contribution in [0.1, 0.15) is 18.9 Å². The van der Waals surface area contributed by atoms with Gasteiger partial charge in [0.05, 0.1) is 23.7 Å². The van der Waals surface area contributed by atoms with Gasteiger partial charge < -0.3 is 14.0 Å². The van der Waals surface area contributed by atoms with E-state index in [1.807, 2.05) is 29.0 Å². The molecule has 0 aliphatic carbocycles. The van der Waals surface area contributed by atoms with Gasteiger partial charge in [0.1, 0.15) is 11.5 Å². The summed E-state index contributed by atoms with van der Waals surface area (Å²) in [6.07, 6.45) is 7.20. The molecule has 0 N–H and O–H groups in total. The number of benzene rings is 2. The van der Waals surface area contributed by atoms with Crippen LogP contribution in [0.2, 0.25) is 0 Å². The van der Waals surface area contributed by atoms with Crippen molar-refractivity contribution in [1.29, 1.82) is 0 Å². The number of hydrogen-bond acceptors (Lipinski definition) is 6. The zero-order valence-corrected chi connectivity index (χ0v) is 19.0. The average Bonchev–Trinajstić information content (AvgIpc) is 3.49. The second kappa shape index (κ2) is 10.3. The summed E-state index contributed by atoms with van der Waals surface area (Å²) in [6, 6.07) is 13.5. The molecule has 2 aromatic heterocycles. The van der Waals surface area contributed by atoms with Crippen LogP contribution in [0.25, 0.3) is 10.2 Å². The van der Waals surface area contributed by atoms with Crippen LogP contribution in [0.5, 0.6) is 11.5 Å². The Morgan fingerprint density at radius 2 is 1.97 bits per heavy atom. The fourth-order valence-electron chi connectivity index (χ4n) is 3.34. The normalized spacial score (nSPS) is 10.9. The molecule has 32 heavy (non-hydrogen) atoms. The summed E-state index contributed by atoms with van der Waals surface area (Å²) in [4.78, 5) is 23.7. The van der Waals surface area contributed by atoms with E-state index in [0.717, 1.165) is 35.4 Å². The number of methoxy groups -OCH3 is 1. The maximum Gasteiger partial charge on any atom is 0.266 e. The quantitative estimate of drug-likeness (QED) is 0.354. The molecule has 4 rings (SSSR count). The van der Waals surface area contributed by atoms with Crippen molar-refractivity contribution < 1.29 is 14.3 Å². The number of imidazole rings is 1. The average molecular weight is 451 g/mol. The summed E-state index contributed by atoms with van der Waals surface area (Å²) in [7, 11) is 1.61. The first-order valence-corrected chi connectivity index (χ1v) is 11.4. The SMILES string of the molecule is CCc1ccc2nc(N(CCCn3ccnc3)C(=O)COc3ccc(OC)cc3)sc2c1. The van der Waals surface area contributed by atoms with Gasteiger partial charge in [-0.1, -0.05) is 24.3 Å². The Bertz CT molecular complexity index is 1160. The van der Waals surface area contributed by atoms with Crippen LogP contribution in [0.15, 0.2) is 61.2 Å². The smallest absolute Gasteiger partial charge is 0.266 e. The van der Waals surface area contributed by atoms with Crippen molar-refractivity contribution >= 4 is 32.6 Å². The van der Waals surface area contributed by atoms with Gasteiger partial charge in [0.15, 0.2) is 11.7 Å². The van der Waals surface area contributed by atoms with Crippen LogP contribution in [0, 0.1) is 0 Å². The maximum atomic E-state index is 13.2. The lowest BCUT2D eigenvalue weighted by molar-refractivity contribution is -0.120. The third kappa shape index (κ3) is 5.26. The second-order valence-corrected chi connectivity index (χ2v) is 8.32. The highest BCUT2D eigenvalue weighted by molar-refractivity contribution is 7.22. The molecule has 0 atom stereocenters. The minimum atomic E-state index is -0.124. The van der Waals surface area contributed by atoms with Crippen molar-refractivity contribution in [2.45, 2.75) is 26.3 Å². The van der Waals surface area contributed by atoms with E-state index in [0.29, 0.717) is 17.4 Å². The Hall–Kier alpha value is -3.39. The number of nitrogens with zero attached hydrogens (tertiary/aromatic N) is 4. The number of thiazole rings is 1. The molecule has 0 spiro atoms. The minimum Gasteiger partial charge on any atom is -0.497 e. The largest absolute Gasteiger partial charge is 0.497 e. The van der Waals surface area contributed by atoms with Crippen molar-refractivity contribution in [3.8, 4) is 11.5 Å². The Morgan fingerprint density at radius 1 is 1.16 bits per heavy atom. The molecule has 4 aromatic rings. The Labute approximate surface area is 191 Å². The molecule has 0 saturated carbocycles. The van der Waals surface area contributed by atoms with Gasteiger partial charge in [-0.3, -0.25) is 9.69 Å². The van der Waals surface area contributed by atoms with E-state index in [2.05, 4.69) is 24.0 Å². The van der Waals surface area contributed by atoms with Gasteiger partial charge >= 0.3 is 0 Å². The molecular weight excluding hydrogens is 424 g/mol. The Balaban J connectivity index is 1.49. The highest BCUT2D eigenvalue weighted by Crippen LogP contribution is 2.30. The second-order valence-electron chi connectivity index (χ2n) is 7.32. The number of anilines is 1. The molecule has 0 radical (unpaired) electrons. The maximum absolute atomic E-state index is 13.2. The molecule has 0 aliphatic heterocycles. The number of ether oxygens (including phenoxy) is 2. The lowest BCUT2D eigenvalue weighted by atomic mass is 10.2. The van der Waals surface area contributed by atoms with Gasteiger partial charge in [0.25, 0.3) is 5.91 Å². The van der Waals surface area contributed by atoms with E-state index >= 15 is 0 Å². The lowest BCUT2D eigenvalue weighted by Gasteiger charge is -2.20. The number of carbonyl (C=O) groups is 1. The molecule has 0 fully saturated rings. The fraction of sp³-hybridized carbons (Fsp3) is 0.292. The van der Waals surface area contributed by atoms with E-state index < -0.39 is 0 Å². The highest BCUT2D eigenvalue weighted by Gasteiger charge is 2.20. The molecule has 1 amide bonds. The van der Waals surface area contributed by atoms with E-state index in [1.54, 1.807) is 48.0 Å². The molecule has 2 aromatic carbocycles. The third-order valence-electron chi connectivity index (χ3n) is 5.16. The predicted octanol–water partition coefficient (Wildman–Crippen LogP) is 4.57. The summed E-state index contributed by atoms with van der Waals surface area (Å²) < 4.78 is 14.0. The third-order valence-corrected chi connectivity index (χ3v) is 6.20. The van der Waals surface area contributed by atoms with E-state index in [1.165, 1.54) is 5.56 Å². The van der Waals surface area contributed by atoms with E-state index in [4.69, 9.17) is 14.5 Å². The first-order chi connectivity index (χ1) is 15.7. The van der Waals surface area contributed by atoms with E-state index in [-0.39, 0.29) is 12.5 Å². The number of amides is 1. The summed E-state index contributed by atoms with van der Waals surface area (Å²) in [5.41, 5.74) is 2.17. The van der Waals surface area contributed by atoms with Crippen LogP contribution in [0.4, 0.5) is 5.13 Å². The Morgan fingerprint density at radius 3 is 2.69 bits per heavy atom. The van der Waals surface area contributed by atoms with Crippen molar-refractivity contribution in [2.75, 3.05) is 25.2 Å². The minimum absolute atomic E-state index is 0.0620. The summed E-state index contributed by atoms with van der Waals surface area (Å²) >= 11 is 1.54. The number of aryl methyl sites for hydroxylation is 2. The zero-order valence-electron chi connectivity index (χ0n) is 18.2. The molecule has 0 unspecified atom stereocenters. The molecule has 2 heterocycles. The van der Waals surface area contributed by atoms with Gasteiger partial charge in [-0.2, -0.15) is 0 Å². The predicted molar refractivity (Wildman–Crippen MR) is 127 cm³/mol. The van der Waals surface area contributed by atoms with Crippen molar-refractivity contribution in [3.05, 3.63) is 66.7 Å². The van der Waals surface area contributed by atoms with Crippen LogP contribution in [0.3, 0.4) is 0 Å². The first kappa shape index (κ1) is 21.8. The van der Waals surface area contributed by atoms with Crippen LogP contribution in [-0.2, 0) is 17.8 Å². The number of aromatic nitrogens is 3. The van der Waals surface area contributed by atoms with Crippen molar-refractivity contribution in [1.82, 2.24) is 14.5 Å². The van der Waals surface area contributed by atoms with Crippen molar-refractivity contribution in [3.63, 3.8) is 0 Å². The fourth-order valence-corrected chi connectivity index (χ4v) is 4.42. The summed E-state index contributed by atoms with van der Waals surface area (Å²) in [5, 5.41) is 0.696. The molecule has 0 bridgehead atoms.